The van der Waals surface area contributed by atoms with Crippen molar-refractivity contribution in [2.75, 3.05) is 0 Å². The molecule has 0 saturated carbocycles. The average Bonchev–Trinajstić information content (AvgIpc) is 2.84. The summed E-state index contributed by atoms with van der Waals surface area (Å²) >= 11 is 0. The van der Waals surface area contributed by atoms with E-state index in [4.69, 9.17) is 0 Å². The van der Waals surface area contributed by atoms with Crippen molar-refractivity contribution in [1.29, 1.82) is 0 Å². The zero-order valence-electron chi connectivity index (χ0n) is 16.0. The van der Waals surface area contributed by atoms with E-state index in [0.29, 0.717) is 0 Å². The molecule has 2 aromatic heterocycles. The Balaban J connectivity index is 1.82. The van der Waals surface area contributed by atoms with Crippen LogP contribution in [0.25, 0.3) is 54.6 Å². The Hall–Kier alpha value is -4.18. The molecule has 6 rings (SSSR count). The third kappa shape index (κ3) is 2.54. The number of hydrogen-bond acceptors (Lipinski definition) is 4. The number of fused-ring (bicyclic) bond motifs is 5. The second-order valence-corrected chi connectivity index (χ2v) is 7.30. The van der Waals surface area contributed by atoms with Crippen LogP contribution in [0.4, 0.5) is 0 Å². The Morgan fingerprint density at radius 2 is 0.933 bits per heavy atom. The molecule has 4 nitrogen and oxygen atoms in total. The van der Waals surface area contributed by atoms with Crippen LogP contribution in [0.1, 0.15) is 0 Å². The predicted molar refractivity (Wildman–Crippen MR) is 121 cm³/mol. The van der Waals surface area contributed by atoms with Gasteiger partial charge in [0.1, 0.15) is 0 Å². The van der Waals surface area contributed by atoms with Gasteiger partial charge in [-0.25, -0.2) is 0 Å². The van der Waals surface area contributed by atoms with Gasteiger partial charge in [-0.3, -0.25) is 0 Å². The minimum atomic E-state index is 1.06. The fourth-order valence-corrected chi connectivity index (χ4v) is 4.36. The molecule has 2 heterocycles. The van der Waals surface area contributed by atoms with Crippen LogP contribution in [0, 0.1) is 0 Å². The standard InChI is InChI=1S/C26H16N4/c1-3-7-22-20(5-1)24(17-9-11-27-29-15-17)13-19-14-25(18-10-12-28-30-16-18)21-6-2-4-8-23(21)26(19)22/h1-16H. The summed E-state index contributed by atoms with van der Waals surface area (Å²) < 4.78 is 0. The van der Waals surface area contributed by atoms with E-state index in [1.807, 2.05) is 24.5 Å². The molecule has 0 amide bonds. The van der Waals surface area contributed by atoms with E-state index in [9.17, 15) is 0 Å². The molecule has 0 aliphatic rings. The zero-order valence-corrected chi connectivity index (χ0v) is 16.0. The summed E-state index contributed by atoms with van der Waals surface area (Å²) in [6.07, 6.45) is 7.12. The monoisotopic (exact) mass is 384 g/mol. The highest BCUT2D eigenvalue weighted by Gasteiger charge is 2.14. The summed E-state index contributed by atoms with van der Waals surface area (Å²) in [5.41, 5.74) is 4.43. The first-order valence-electron chi connectivity index (χ1n) is 9.81. The van der Waals surface area contributed by atoms with E-state index in [0.717, 1.165) is 22.3 Å². The van der Waals surface area contributed by atoms with Crippen molar-refractivity contribution in [1.82, 2.24) is 20.4 Å². The summed E-state index contributed by atoms with van der Waals surface area (Å²) in [6, 6.07) is 25.7. The van der Waals surface area contributed by atoms with Crippen molar-refractivity contribution in [3.05, 3.63) is 97.6 Å². The summed E-state index contributed by atoms with van der Waals surface area (Å²) in [5, 5.41) is 23.4. The van der Waals surface area contributed by atoms with Crippen LogP contribution in [0.3, 0.4) is 0 Å². The zero-order chi connectivity index (χ0) is 19.9. The highest BCUT2D eigenvalue weighted by molar-refractivity contribution is 6.25. The third-order valence-electron chi connectivity index (χ3n) is 5.65. The van der Waals surface area contributed by atoms with Crippen molar-refractivity contribution in [3.8, 4) is 22.3 Å². The molecule has 0 bridgehead atoms. The van der Waals surface area contributed by atoms with E-state index in [2.05, 4.69) is 81.1 Å². The molecule has 30 heavy (non-hydrogen) atoms. The lowest BCUT2D eigenvalue weighted by Gasteiger charge is -2.15. The summed E-state index contributed by atoms with van der Waals surface area (Å²) in [7, 11) is 0. The largest absolute Gasteiger partial charge is 0.159 e. The second kappa shape index (κ2) is 6.71. The first-order valence-corrected chi connectivity index (χ1v) is 9.81. The fraction of sp³-hybridized carbons (Fsp3) is 0. The van der Waals surface area contributed by atoms with Gasteiger partial charge in [0.25, 0.3) is 0 Å². The Labute approximate surface area is 172 Å². The van der Waals surface area contributed by atoms with Crippen LogP contribution in [0.5, 0.6) is 0 Å². The smallest absolute Gasteiger partial charge is 0.0574 e. The molecule has 0 unspecified atom stereocenters. The normalized spacial score (nSPS) is 11.3. The summed E-state index contributed by atoms with van der Waals surface area (Å²) in [4.78, 5) is 0. The van der Waals surface area contributed by atoms with E-state index in [1.54, 1.807) is 12.4 Å². The molecule has 0 fully saturated rings. The number of rotatable bonds is 2. The van der Waals surface area contributed by atoms with Crippen molar-refractivity contribution < 1.29 is 0 Å². The van der Waals surface area contributed by atoms with E-state index < -0.39 is 0 Å². The maximum absolute atomic E-state index is 4.10. The molecule has 0 aliphatic heterocycles. The van der Waals surface area contributed by atoms with Crippen LogP contribution >= 0.6 is 0 Å². The molecule has 4 heteroatoms. The molecule has 0 aliphatic carbocycles. The maximum Gasteiger partial charge on any atom is 0.0574 e. The molecular formula is C26H16N4. The van der Waals surface area contributed by atoms with Gasteiger partial charge in [-0.05, 0) is 67.7 Å². The Bertz CT molecular complexity index is 1410. The topological polar surface area (TPSA) is 51.6 Å². The van der Waals surface area contributed by atoms with Crippen molar-refractivity contribution in [2.24, 2.45) is 0 Å². The lowest BCUT2D eigenvalue weighted by Crippen LogP contribution is -1.90. The minimum absolute atomic E-state index is 1.06. The number of aromatic nitrogens is 4. The van der Waals surface area contributed by atoms with E-state index in [-0.39, 0.29) is 0 Å². The van der Waals surface area contributed by atoms with Crippen LogP contribution in [-0.2, 0) is 0 Å². The molecular weight excluding hydrogens is 368 g/mol. The van der Waals surface area contributed by atoms with Crippen molar-refractivity contribution in [3.63, 3.8) is 0 Å². The van der Waals surface area contributed by atoms with Crippen LogP contribution in [-0.4, -0.2) is 20.4 Å². The lowest BCUT2D eigenvalue weighted by atomic mass is 9.88. The average molecular weight is 384 g/mol. The molecule has 0 saturated heterocycles. The number of hydrogen-bond donors (Lipinski definition) is 0. The van der Waals surface area contributed by atoms with Gasteiger partial charge in [-0.1, -0.05) is 48.5 Å². The first-order chi connectivity index (χ1) is 14.9. The van der Waals surface area contributed by atoms with Gasteiger partial charge in [0.05, 0.1) is 24.8 Å². The Morgan fingerprint density at radius 3 is 1.37 bits per heavy atom. The van der Waals surface area contributed by atoms with Crippen LogP contribution < -0.4 is 0 Å². The van der Waals surface area contributed by atoms with Crippen LogP contribution in [0.15, 0.2) is 97.6 Å². The SMILES string of the molecule is c1ccc2c(c1)c(-c1ccnnc1)cc1cc(-c3ccnnc3)c3ccccc3c12. The quantitative estimate of drug-likeness (QED) is 0.341. The van der Waals surface area contributed by atoms with Gasteiger partial charge >= 0.3 is 0 Å². The van der Waals surface area contributed by atoms with Gasteiger partial charge in [-0.2, -0.15) is 20.4 Å². The first kappa shape index (κ1) is 16.7. The van der Waals surface area contributed by atoms with Gasteiger partial charge in [-0.15, -0.1) is 0 Å². The predicted octanol–water partition coefficient (Wildman–Crippen LogP) is 6.06. The van der Waals surface area contributed by atoms with Gasteiger partial charge in [0, 0.05) is 11.1 Å². The Morgan fingerprint density at radius 1 is 0.467 bits per heavy atom. The highest BCUT2D eigenvalue weighted by Crippen LogP contribution is 2.41. The number of nitrogens with zero attached hydrogens (tertiary/aromatic N) is 4. The van der Waals surface area contributed by atoms with Crippen LogP contribution in [0.2, 0.25) is 0 Å². The Kier molecular flexibility index (Phi) is 3.74. The summed E-state index contributed by atoms with van der Waals surface area (Å²) in [6.45, 7) is 0. The molecule has 0 radical (unpaired) electrons. The minimum Gasteiger partial charge on any atom is -0.159 e. The molecule has 6 aromatic rings. The van der Waals surface area contributed by atoms with Gasteiger partial charge in [0.2, 0.25) is 0 Å². The van der Waals surface area contributed by atoms with E-state index in [1.165, 1.54) is 32.3 Å². The van der Waals surface area contributed by atoms with Gasteiger partial charge in [0.15, 0.2) is 0 Å². The molecule has 0 atom stereocenters. The number of benzene rings is 4. The fourth-order valence-electron chi connectivity index (χ4n) is 4.36. The van der Waals surface area contributed by atoms with Crippen molar-refractivity contribution in [2.45, 2.75) is 0 Å². The van der Waals surface area contributed by atoms with Gasteiger partial charge < -0.3 is 0 Å². The molecule has 0 spiro atoms. The maximum atomic E-state index is 4.10. The van der Waals surface area contributed by atoms with Crippen molar-refractivity contribution >= 4 is 32.3 Å². The van der Waals surface area contributed by atoms with E-state index >= 15 is 0 Å². The molecule has 140 valence electrons. The highest BCUT2D eigenvalue weighted by atomic mass is 15.1. The molecule has 0 N–H and O–H groups in total. The molecule has 4 aromatic carbocycles. The second-order valence-electron chi connectivity index (χ2n) is 7.30. The summed E-state index contributed by atoms with van der Waals surface area (Å²) in [5.74, 6) is 0. The third-order valence-corrected chi connectivity index (χ3v) is 5.65. The lowest BCUT2D eigenvalue weighted by molar-refractivity contribution is 1.03.